The minimum absolute atomic E-state index is 0.165. The molecule has 3 aromatic carbocycles. The van der Waals surface area contributed by atoms with Crippen molar-refractivity contribution < 1.29 is 47.0 Å². The van der Waals surface area contributed by atoms with Crippen LogP contribution < -0.4 is 10.6 Å². The summed E-state index contributed by atoms with van der Waals surface area (Å²) in [7, 11) is 0. The van der Waals surface area contributed by atoms with E-state index in [2.05, 4.69) is 58.2 Å². The number of unbranched alkanes of at least 4 members (excludes halogenated alkanes) is 3. The number of aliphatic hydroxyl groups excluding tert-OH is 1. The number of piperidine rings is 1. The smallest absolute Gasteiger partial charge is 0.373 e. The molecular formula is C61H63Cl3F3N9O7S3. The van der Waals surface area contributed by atoms with Gasteiger partial charge in [0.15, 0.2) is 32.5 Å². The van der Waals surface area contributed by atoms with Gasteiger partial charge in [-0.25, -0.2) is 28.1 Å². The first-order chi connectivity index (χ1) is 41.7. The lowest BCUT2D eigenvalue weighted by atomic mass is 9.89. The van der Waals surface area contributed by atoms with Crippen LogP contribution >= 0.6 is 68.8 Å². The van der Waals surface area contributed by atoms with Gasteiger partial charge in [-0.15, -0.1) is 34.0 Å². The van der Waals surface area contributed by atoms with Gasteiger partial charge in [-0.1, -0.05) is 93.5 Å². The van der Waals surface area contributed by atoms with Crippen molar-refractivity contribution in [2.24, 2.45) is 15.0 Å². The number of halogens is 6. The zero-order chi connectivity index (χ0) is 62.5. The number of aliphatic hydroxyl groups is 1. The maximum absolute atomic E-state index is 13.5. The fourth-order valence-electron chi connectivity index (χ4n) is 10.0. The molecule has 0 bridgehead atoms. The van der Waals surface area contributed by atoms with Crippen LogP contribution in [0.5, 0.6) is 0 Å². The summed E-state index contributed by atoms with van der Waals surface area (Å²) in [6, 6.07) is 13.0. The summed E-state index contributed by atoms with van der Waals surface area (Å²) < 4.78 is 40.5. The summed E-state index contributed by atoms with van der Waals surface area (Å²) in [5.41, 5.74) is 9.78. The van der Waals surface area contributed by atoms with Crippen LogP contribution in [-0.4, -0.2) is 74.1 Å². The summed E-state index contributed by atoms with van der Waals surface area (Å²) in [5.74, 6) is 1.39. The average molecular weight is 1290 g/mol. The lowest BCUT2D eigenvalue weighted by Gasteiger charge is -2.39. The molecule has 1 fully saturated rings. The van der Waals surface area contributed by atoms with Crippen molar-refractivity contribution in [3.8, 4) is 0 Å². The number of carbonyl (C=O) groups excluding carboxylic acids is 6. The number of thiazole rings is 3. The Labute approximate surface area is 523 Å². The fraction of sp³-hybridized carbons (Fsp3) is 0.361. The highest BCUT2D eigenvalue weighted by atomic mass is 35.5. The Morgan fingerprint density at radius 2 is 0.953 bits per heavy atom. The molecule has 7 heterocycles. The predicted octanol–water partition coefficient (Wildman–Crippen LogP) is 15.0. The van der Waals surface area contributed by atoms with E-state index in [-0.39, 0.29) is 60.6 Å². The number of amidine groups is 3. The highest BCUT2D eigenvalue weighted by Gasteiger charge is 2.35. The van der Waals surface area contributed by atoms with Crippen LogP contribution in [0.4, 0.5) is 13.2 Å². The third-order valence-electron chi connectivity index (χ3n) is 13.7. The first-order valence-corrected chi connectivity index (χ1v) is 31.3. The maximum atomic E-state index is 13.5. The monoisotopic (exact) mass is 1290 g/mol. The quantitative estimate of drug-likeness (QED) is 0.0723. The Hall–Kier alpha value is -7.06. The number of hydrogen-bond acceptors (Lipinski definition) is 19. The zero-order valence-corrected chi connectivity index (χ0v) is 52.2. The molecule has 3 aromatic heterocycles. The van der Waals surface area contributed by atoms with Crippen LogP contribution in [0.3, 0.4) is 0 Å². The molecule has 10 rings (SSSR count). The van der Waals surface area contributed by atoms with E-state index in [1.54, 1.807) is 53.3 Å². The molecule has 4 aliphatic rings. The Balaban J connectivity index is 0.000000220. The molecule has 1 saturated heterocycles. The number of fused-ring (bicyclic) bond motifs is 1. The SMILES string of the molecule is CCC1=C(CCCCO)NC(c2nccs2)=NC1c1ccc(F)cc1Cl.CCC1=C2CCCCN2C(c2nccs2)=NC1c1ccc(F)cc1Cl.CCCCCC1=C(CC)C(c2ccc(F)cc2Cl)N=C(c2nccs2)N1.O=C=O.O=C=O.O=C=O. The molecular weight excluding hydrogens is 1230 g/mol. The second-order valence-electron chi connectivity index (χ2n) is 18.9. The summed E-state index contributed by atoms with van der Waals surface area (Å²) in [6.07, 6.45) is 18.9. The summed E-state index contributed by atoms with van der Waals surface area (Å²) in [5, 5.41) is 25.7. The van der Waals surface area contributed by atoms with E-state index in [9.17, 15) is 13.2 Å². The van der Waals surface area contributed by atoms with Crippen molar-refractivity contribution in [1.29, 1.82) is 0 Å². The van der Waals surface area contributed by atoms with Crippen molar-refractivity contribution in [1.82, 2.24) is 30.5 Å². The van der Waals surface area contributed by atoms with Crippen molar-refractivity contribution >= 4 is 105 Å². The van der Waals surface area contributed by atoms with Gasteiger partial charge >= 0.3 is 18.5 Å². The first-order valence-electron chi connectivity index (χ1n) is 27.5. The number of hydrogen-bond donors (Lipinski definition) is 3. The molecule has 0 saturated carbocycles. The lowest BCUT2D eigenvalue weighted by molar-refractivity contribution is -0.193. The number of nitrogens with one attached hydrogen (secondary N) is 2. The Morgan fingerprint density at radius 3 is 1.31 bits per heavy atom. The number of allylic oxidation sites excluding steroid dienone is 3. The van der Waals surface area contributed by atoms with E-state index in [0.717, 1.165) is 125 Å². The van der Waals surface area contributed by atoms with E-state index in [1.807, 2.05) is 22.3 Å². The van der Waals surface area contributed by atoms with Crippen LogP contribution in [0.15, 0.2) is 138 Å². The van der Waals surface area contributed by atoms with Gasteiger partial charge < -0.3 is 20.6 Å². The van der Waals surface area contributed by atoms with Crippen molar-refractivity contribution in [3.05, 3.63) is 187 Å². The zero-order valence-electron chi connectivity index (χ0n) is 47.5. The van der Waals surface area contributed by atoms with Crippen molar-refractivity contribution in [2.45, 2.75) is 129 Å². The van der Waals surface area contributed by atoms with Crippen LogP contribution in [0.1, 0.15) is 161 Å². The second-order valence-corrected chi connectivity index (χ2v) is 22.8. The molecule has 86 heavy (non-hydrogen) atoms. The number of aromatic nitrogens is 3. The third kappa shape index (κ3) is 19.2. The van der Waals surface area contributed by atoms with E-state index in [0.29, 0.717) is 20.9 Å². The van der Waals surface area contributed by atoms with Crippen LogP contribution in [-0.2, 0) is 28.8 Å². The maximum Gasteiger partial charge on any atom is 0.373 e. The highest BCUT2D eigenvalue weighted by Crippen LogP contribution is 2.44. The number of nitrogens with zero attached hydrogens (tertiary/aromatic N) is 7. The van der Waals surface area contributed by atoms with Gasteiger partial charge in [-0.05, 0) is 140 Å². The summed E-state index contributed by atoms with van der Waals surface area (Å²) in [4.78, 5) is 79.1. The topological polar surface area (TPSA) is 226 Å². The first kappa shape index (κ1) is 69.7. The molecule has 0 aliphatic carbocycles. The van der Waals surface area contributed by atoms with Gasteiger partial charge in [0, 0.05) is 80.0 Å². The molecule has 3 unspecified atom stereocenters. The summed E-state index contributed by atoms with van der Waals surface area (Å²) in [6.45, 7) is 9.72. The van der Waals surface area contributed by atoms with Crippen molar-refractivity contribution in [2.75, 3.05) is 13.2 Å². The molecule has 25 heteroatoms. The number of aliphatic imine (C=N–C) groups is 3. The minimum Gasteiger partial charge on any atom is -0.396 e. The lowest BCUT2D eigenvalue weighted by Crippen LogP contribution is -2.39. The molecule has 4 aliphatic heterocycles. The van der Waals surface area contributed by atoms with E-state index < -0.39 is 0 Å². The van der Waals surface area contributed by atoms with Crippen LogP contribution in [0.2, 0.25) is 15.1 Å². The number of rotatable bonds is 17. The molecule has 0 radical (unpaired) electrons. The van der Waals surface area contributed by atoms with E-state index >= 15 is 0 Å². The Kier molecular flexibility index (Phi) is 29.8. The van der Waals surface area contributed by atoms with Crippen molar-refractivity contribution in [3.63, 3.8) is 0 Å². The van der Waals surface area contributed by atoms with Gasteiger partial charge in [0.2, 0.25) is 0 Å². The van der Waals surface area contributed by atoms with Gasteiger partial charge in [-0.2, -0.15) is 28.8 Å². The van der Waals surface area contributed by atoms with E-state index in [4.69, 9.17) is 83.7 Å². The molecule has 3 N–H and O–H groups in total. The van der Waals surface area contributed by atoms with E-state index in [1.165, 1.54) is 89.5 Å². The Bertz CT molecular complexity index is 3310. The Morgan fingerprint density at radius 1 is 0.558 bits per heavy atom. The standard InChI is InChI=1S/C20H23ClFN3S.C19H21ClFN3OS.C19H19ClFN3S.3CO2/c1-3-5-6-7-17-14(4-2)18(15-9-8-13(22)12-16(15)21)25-19(24-17)20-23-10-11-26-20;1-2-13-16(5-3-4-9-25)23-18(19-22-8-10-26-19)24-17(13)14-7-6-12(21)11-15(14)20;1-2-13-16-5-3-4-9-24(16)18(19-22-8-10-25-19)23-17(13)14-7-6-12(21)11-15(14)20;3*2-1-3/h8-12,18H,3-7H2,1-2H3,(H,24,25);6-8,10-11,17,25H,2-5,9H2,1H3,(H,23,24);6-8,10-11,17H,2-5,9H2,1H3;;;. The fourth-order valence-corrected chi connectivity index (χ4v) is 12.7. The number of benzene rings is 3. The summed E-state index contributed by atoms with van der Waals surface area (Å²) >= 11 is 23.7. The van der Waals surface area contributed by atoms with Gasteiger partial charge in [0.25, 0.3) is 0 Å². The molecule has 16 nitrogen and oxygen atoms in total. The van der Waals surface area contributed by atoms with Gasteiger partial charge in [0.1, 0.15) is 35.6 Å². The molecule has 3 atom stereocenters. The molecule has 6 aromatic rings. The van der Waals surface area contributed by atoms with Gasteiger partial charge in [-0.3, -0.25) is 15.0 Å². The highest BCUT2D eigenvalue weighted by molar-refractivity contribution is 7.12. The normalized spacial score (nSPS) is 16.7. The van der Waals surface area contributed by atoms with Crippen LogP contribution in [0, 0.1) is 17.5 Å². The second kappa shape index (κ2) is 36.8. The molecule has 0 spiro atoms. The van der Waals surface area contributed by atoms with Gasteiger partial charge in [0.05, 0.1) is 0 Å². The average Bonchev–Trinajstić information content (AvgIpc) is 2.73. The predicted molar refractivity (Wildman–Crippen MR) is 327 cm³/mol. The largest absolute Gasteiger partial charge is 0.396 e. The molecule has 454 valence electrons. The minimum atomic E-state index is -0.359. The van der Waals surface area contributed by atoms with Crippen LogP contribution in [0.25, 0.3) is 0 Å². The molecule has 0 amide bonds. The third-order valence-corrected chi connectivity index (χ3v) is 17.1.